The molecule has 12 rings (SSSR count). The van der Waals surface area contributed by atoms with Crippen molar-refractivity contribution in [2.75, 3.05) is 82.6 Å². The lowest BCUT2D eigenvalue weighted by atomic mass is 9.79. The number of aliphatic hydroxyl groups excluding tert-OH is 1. The molecule has 0 aliphatic carbocycles. The highest BCUT2D eigenvalue weighted by atomic mass is 79.9. The molecule has 24 heteroatoms. The summed E-state index contributed by atoms with van der Waals surface area (Å²) in [4.78, 5) is 25.3. The number of thioether (sulfide) groups is 1. The number of fused-ring (bicyclic) bond motifs is 1. The summed E-state index contributed by atoms with van der Waals surface area (Å²) in [7, 11) is 2.59. The molecule has 1 aromatic heterocycles. The van der Waals surface area contributed by atoms with Crippen LogP contribution in [0.15, 0.2) is 188 Å². The van der Waals surface area contributed by atoms with Gasteiger partial charge < -0.3 is 52.7 Å². The van der Waals surface area contributed by atoms with Gasteiger partial charge in [-0.05, 0) is 156 Å². The first-order valence-electron chi connectivity index (χ1n) is 34.2. The van der Waals surface area contributed by atoms with E-state index >= 15 is 0 Å². The maximum absolute atomic E-state index is 14.9. The zero-order valence-electron chi connectivity index (χ0n) is 60.4. The zero-order valence-corrected chi connectivity index (χ0v) is 64.4. The van der Waals surface area contributed by atoms with Gasteiger partial charge in [0.25, 0.3) is 0 Å². The Morgan fingerprint density at radius 3 is 1.72 bits per heavy atom. The number of alkyl halides is 1. The minimum absolute atomic E-state index is 0.000839. The van der Waals surface area contributed by atoms with Crippen molar-refractivity contribution in [1.82, 2.24) is 9.80 Å². The van der Waals surface area contributed by atoms with Crippen LogP contribution in [0.25, 0.3) is 31.8 Å². The smallest absolute Gasteiger partial charge is 0.485 e. The number of morpholine rings is 1. The van der Waals surface area contributed by atoms with Crippen LogP contribution in [-0.2, 0) is 23.4 Å². The molecule has 0 amide bonds. The molecule has 1 unspecified atom stereocenters. The van der Waals surface area contributed by atoms with Crippen molar-refractivity contribution in [3.63, 3.8) is 0 Å². The van der Waals surface area contributed by atoms with Crippen LogP contribution in [0.3, 0.4) is 0 Å². The van der Waals surface area contributed by atoms with Gasteiger partial charge in [-0.15, -0.1) is 11.8 Å². The van der Waals surface area contributed by atoms with Crippen LogP contribution >= 0.6 is 43.6 Å². The summed E-state index contributed by atoms with van der Waals surface area (Å²) < 4.78 is 98.5. The zero-order chi connectivity index (χ0) is 74.8. The van der Waals surface area contributed by atoms with Gasteiger partial charge in [0.05, 0.1) is 70.0 Å². The second kappa shape index (κ2) is 37.0. The topological polar surface area (TPSA) is 136 Å². The molecule has 0 bridgehead atoms. The van der Waals surface area contributed by atoms with Crippen molar-refractivity contribution in [1.29, 1.82) is 0 Å². The first-order valence-corrected chi connectivity index (χ1v) is 36.9. The fraction of sp³-hybridized carbons (Fsp3) is 0.380. The Morgan fingerprint density at radius 1 is 0.699 bits per heavy atom. The summed E-state index contributed by atoms with van der Waals surface area (Å²) >= 11 is 8.26. The normalized spacial score (nSPS) is 16.5. The number of nitrogens with zero attached hydrogens (tertiary/aromatic N) is 5. The van der Waals surface area contributed by atoms with E-state index in [2.05, 4.69) is 107 Å². The SMILES string of the molecule is CC1(C)OB(c2ccc(N3CCOCC3)c(F)c2)OC1(C)C.CC1(C)OB(c2ccc(OC3CN(C(c4ccccc4)c4ccccc4)C3)c(F)c2)OC1(C)C.CCC(Br)c1oc2cccc(F)c2c(=O)c1-c1ccccc1.OCCNc1ccc(Br)cc1F.[C-]#[N+]C([N+]#[C-])=C(SCCC)N(C)C. The highest BCUT2D eigenvalue weighted by Crippen LogP contribution is 2.40. The van der Waals surface area contributed by atoms with E-state index in [1.165, 1.54) is 35.4 Å². The summed E-state index contributed by atoms with van der Waals surface area (Å²) in [6, 6.07) is 49.7. The summed E-state index contributed by atoms with van der Waals surface area (Å²) in [5.41, 5.74) is 4.20. The van der Waals surface area contributed by atoms with Gasteiger partial charge in [0.15, 0.2) is 16.6 Å². The average Bonchev–Trinajstić information content (AvgIpc) is 1.75. The predicted molar refractivity (Wildman–Crippen MR) is 414 cm³/mol. The molecule has 4 fully saturated rings. The highest BCUT2D eigenvalue weighted by Gasteiger charge is 2.53. The van der Waals surface area contributed by atoms with Crippen molar-refractivity contribution < 1.29 is 55.2 Å². The molecular formula is C79H90B2Br2F4N6O9S. The largest absolute Gasteiger partial charge is 0.549 e. The minimum atomic E-state index is -0.592. The first kappa shape index (κ1) is 81.2. The number of aliphatic hydroxyl groups is 1. The monoisotopic (exact) mass is 1550 g/mol. The summed E-state index contributed by atoms with van der Waals surface area (Å²) in [5.74, 6) is 0.404. The summed E-state index contributed by atoms with van der Waals surface area (Å²) in [6.45, 7) is 38.2. The Morgan fingerprint density at radius 2 is 1.23 bits per heavy atom. The Balaban J connectivity index is 0.000000172. The number of benzene rings is 7. The van der Waals surface area contributed by atoms with E-state index in [0.717, 1.165) is 42.3 Å². The number of nitrogens with one attached hydrogen (secondary N) is 1. The van der Waals surface area contributed by atoms with E-state index in [-0.39, 0.29) is 63.2 Å². The van der Waals surface area contributed by atoms with Crippen LogP contribution in [0.5, 0.6) is 5.75 Å². The third kappa shape index (κ3) is 20.8. The van der Waals surface area contributed by atoms with Crippen molar-refractivity contribution in [3.8, 4) is 16.9 Å². The molecule has 0 radical (unpaired) electrons. The molecule has 4 aliphatic heterocycles. The lowest BCUT2D eigenvalue weighted by Crippen LogP contribution is -2.55. The highest BCUT2D eigenvalue weighted by molar-refractivity contribution is 9.10. The Bertz CT molecular complexity index is 4210. The van der Waals surface area contributed by atoms with Gasteiger partial charge in [-0.25, -0.2) is 17.6 Å². The van der Waals surface area contributed by atoms with E-state index in [1.807, 2.05) is 141 Å². The second-order valence-corrected chi connectivity index (χ2v) is 30.1. The molecule has 103 heavy (non-hydrogen) atoms. The van der Waals surface area contributed by atoms with Crippen molar-refractivity contribution in [3.05, 3.63) is 252 Å². The van der Waals surface area contributed by atoms with Crippen LogP contribution in [0.2, 0.25) is 0 Å². The molecule has 4 aliphatic rings. The fourth-order valence-electron chi connectivity index (χ4n) is 11.3. The number of anilines is 2. The Hall–Kier alpha value is -7.45. The second-order valence-electron chi connectivity index (χ2n) is 27.0. The van der Waals surface area contributed by atoms with E-state index < -0.39 is 48.3 Å². The van der Waals surface area contributed by atoms with Gasteiger partial charge in [0.2, 0.25) is 5.43 Å². The third-order valence-electron chi connectivity index (χ3n) is 18.3. The summed E-state index contributed by atoms with van der Waals surface area (Å²) in [5, 5.41) is 12.0. The van der Waals surface area contributed by atoms with Crippen molar-refractivity contribution >= 4 is 91.1 Å². The quantitative estimate of drug-likeness (QED) is 0.0365. The number of ether oxygens (including phenoxy) is 2. The first-order chi connectivity index (χ1) is 49.1. The van der Waals surface area contributed by atoms with Gasteiger partial charge in [0, 0.05) is 51.3 Å². The van der Waals surface area contributed by atoms with Gasteiger partial charge >= 0.3 is 20.1 Å². The maximum Gasteiger partial charge on any atom is 0.549 e. The molecule has 0 spiro atoms. The minimum Gasteiger partial charge on any atom is -0.485 e. The Labute approximate surface area is 625 Å². The van der Waals surface area contributed by atoms with Crippen molar-refractivity contribution in [2.45, 2.75) is 121 Å². The van der Waals surface area contributed by atoms with Crippen LogP contribution in [0, 0.1) is 36.4 Å². The number of likely N-dealkylation sites (tertiary alicyclic amines) is 1. The van der Waals surface area contributed by atoms with Gasteiger partial charge in [0.1, 0.15) is 53.4 Å². The van der Waals surface area contributed by atoms with Gasteiger partial charge in [-0.3, -0.25) is 9.69 Å². The molecule has 8 aromatic rings. The van der Waals surface area contributed by atoms with E-state index in [9.17, 15) is 22.4 Å². The van der Waals surface area contributed by atoms with E-state index in [4.69, 9.17) is 50.8 Å². The average molecular weight is 1560 g/mol. The molecule has 2 N–H and O–H groups in total. The standard InChI is InChI=1S/C28H31BFNO3.C18H14BrFO2.C16H23BFNO3.C9H13N3S.C8H9BrFNO/c1-27(2)28(3,4)34-29(33-27)22-15-16-25(24(30)17-22)32-23-18-31(19-23)26(20-11-7-5-8-12-20)21-13-9-6-10-14-21;1-2-12(19)18-15(11-7-4-3-5-8-11)17(21)16-13(20)9-6-10-14(16)22-18;1-15(2)16(3,4)22-17(21-15)12-5-6-14(13(18)11-12)19-7-9-20-10-8-19;1-6-7-13-9(12(4)5)8(10-2)11-3;9-6-1-2-8(7(10)5-6)11-3-4-12/h5-17,23,26H,18-19H2,1-4H3;3-10,12H,2H2,1H3;5-6,11H,7-10H2,1-4H3;6-7H2,1,4-5H3;1-2,5,11-12H,3-4H2. The third-order valence-corrected chi connectivity index (χ3v) is 21.3. The fourth-order valence-corrected chi connectivity index (χ4v) is 12.8. The number of rotatable bonds is 18. The molecular weight excluding hydrogens is 1470 g/mol. The summed E-state index contributed by atoms with van der Waals surface area (Å²) in [6.07, 6.45) is 1.74. The van der Waals surface area contributed by atoms with Crippen LogP contribution in [-0.4, -0.2) is 130 Å². The van der Waals surface area contributed by atoms with Crippen LogP contribution in [0.4, 0.5) is 28.9 Å². The van der Waals surface area contributed by atoms with E-state index in [1.54, 1.807) is 48.2 Å². The molecule has 4 saturated heterocycles. The van der Waals surface area contributed by atoms with Crippen molar-refractivity contribution in [2.24, 2.45) is 0 Å². The lowest BCUT2D eigenvalue weighted by molar-refractivity contribution is -0.00166. The van der Waals surface area contributed by atoms with Gasteiger partial charge in [-0.2, -0.15) is 9.69 Å². The van der Waals surface area contributed by atoms with Gasteiger partial charge in [-0.1, -0.05) is 155 Å². The molecule has 5 heterocycles. The molecule has 7 aromatic carbocycles. The molecule has 0 saturated carbocycles. The molecule has 15 nitrogen and oxygen atoms in total. The maximum atomic E-state index is 14.9. The number of halogens is 6. The predicted octanol–water partition coefficient (Wildman–Crippen LogP) is 17.0. The van der Waals surface area contributed by atoms with E-state index in [0.29, 0.717) is 70.9 Å². The number of hydrogen-bond acceptors (Lipinski definition) is 14. The molecule has 544 valence electrons. The van der Waals surface area contributed by atoms with Crippen LogP contribution in [0.1, 0.15) is 110 Å². The number of hydrogen-bond donors (Lipinski definition) is 2. The van der Waals surface area contributed by atoms with Crippen LogP contribution < -0.4 is 31.3 Å². The molecule has 1 atom stereocenters. The Kier molecular flexibility index (Phi) is 29.2. The lowest BCUT2D eigenvalue weighted by Gasteiger charge is -2.44.